The molecule has 1 heterocycles. The van der Waals surface area contributed by atoms with Gasteiger partial charge in [-0.05, 0) is 44.2 Å². The SMILES string of the molecule is Cc1ccccc1S(=O)(=O)N1CCCC1CNC(=O)[C]1CCCCCCC1.[CH2].[CH2]. The molecule has 0 aromatic heterocycles. The highest BCUT2D eigenvalue weighted by Crippen LogP contribution is 2.28. The lowest BCUT2D eigenvalue weighted by atomic mass is 9.90. The van der Waals surface area contributed by atoms with Crippen molar-refractivity contribution >= 4 is 15.9 Å². The first-order valence-electron chi connectivity index (χ1n) is 10.2. The zero-order chi connectivity index (χ0) is 19.3. The Hall–Kier alpha value is -1.40. The normalized spacial score (nSPS) is 21.3. The molecule has 3 rings (SSSR count). The molecule has 1 atom stereocenters. The highest BCUT2D eigenvalue weighted by molar-refractivity contribution is 7.89. The fourth-order valence-corrected chi connectivity index (χ4v) is 6.12. The van der Waals surface area contributed by atoms with Crippen LogP contribution in [0.1, 0.15) is 63.4 Å². The molecule has 1 aliphatic heterocycles. The first-order chi connectivity index (χ1) is 13.0. The van der Waals surface area contributed by atoms with E-state index in [-0.39, 0.29) is 26.8 Å². The summed E-state index contributed by atoms with van der Waals surface area (Å²) in [5.41, 5.74) is 0.761. The van der Waals surface area contributed by atoms with Gasteiger partial charge in [-0.1, -0.05) is 65.2 Å². The number of sulfonamides is 1. The van der Waals surface area contributed by atoms with E-state index in [0.29, 0.717) is 18.0 Å². The van der Waals surface area contributed by atoms with E-state index in [4.69, 9.17) is 0 Å². The van der Waals surface area contributed by atoms with Crippen molar-refractivity contribution in [2.75, 3.05) is 13.1 Å². The van der Waals surface area contributed by atoms with Crippen molar-refractivity contribution in [3.05, 3.63) is 50.6 Å². The van der Waals surface area contributed by atoms with E-state index in [9.17, 15) is 13.2 Å². The van der Waals surface area contributed by atoms with E-state index < -0.39 is 10.0 Å². The van der Waals surface area contributed by atoms with Crippen LogP contribution in [0.5, 0.6) is 0 Å². The molecule has 1 amide bonds. The Morgan fingerprint density at radius 3 is 2.31 bits per heavy atom. The lowest BCUT2D eigenvalue weighted by molar-refractivity contribution is -0.120. The van der Waals surface area contributed by atoms with Crippen LogP contribution in [0.15, 0.2) is 29.2 Å². The summed E-state index contributed by atoms with van der Waals surface area (Å²) in [5.74, 6) is 1.01. The van der Waals surface area contributed by atoms with Crippen LogP contribution in [0.4, 0.5) is 0 Å². The predicted molar refractivity (Wildman–Crippen MR) is 117 cm³/mol. The number of nitrogens with one attached hydrogen (secondary N) is 1. The van der Waals surface area contributed by atoms with E-state index >= 15 is 0 Å². The number of rotatable bonds is 5. The van der Waals surface area contributed by atoms with Gasteiger partial charge in [-0.15, -0.1) is 0 Å². The van der Waals surface area contributed by atoms with Crippen LogP contribution in [0.3, 0.4) is 0 Å². The zero-order valence-electron chi connectivity index (χ0n) is 17.7. The van der Waals surface area contributed by atoms with Gasteiger partial charge in [-0.3, -0.25) is 4.79 Å². The van der Waals surface area contributed by atoms with Gasteiger partial charge in [-0.25, -0.2) is 8.42 Å². The summed E-state index contributed by atoms with van der Waals surface area (Å²) in [6.45, 7) is 2.74. The van der Waals surface area contributed by atoms with Gasteiger partial charge in [0.25, 0.3) is 0 Å². The Bertz CT molecular complexity index is 740. The lowest BCUT2D eigenvalue weighted by Gasteiger charge is -2.26. The van der Waals surface area contributed by atoms with E-state index in [1.165, 1.54) is 19.3 Å². The molecule has 6 heteroatoms. The van der Waals surface area contributed by atoms with Gasteiger partial charge in [0.1, 0.15) is 0 Å². The summed E-state index contributed by atoms with van der Waals surface area (Å²) >= 11 is 0. The molecule has 5 nitrogen and oxygen atoms in total. The molecule has 1 saturated heterocycles. The van der Waals surface area contributed by atoms with Crippen molar-refractivity contribution in [3.63, 3.8) is 0 Å². The van der Waals surface area contributed by atoms with E-state index in [1.807, 2.05) is 19.1 Å². The van der Waals surface area contributed by atoms with Gasteiger partial charge in [0, 0.05) is 19.1 Å². The Labute approximate surface area is 178 Å². The quantitative estimate of drug-likeness (QED) is 0.776. The average molecular weight is 420 g/mol. The van der Waals surface area contributed by atoms with Gasteiger partial charge in [-0.2, -0.15) is 4.31 Å². The molecule has 29 heavy (non-hydrogen) atoms. The van der Waals surface area contributed by atoms with Crippen molar-refractivity contribution < 1.29 is 13.2 Å². The van der Waals surface area contributed by atoms with Crippen molar-refractivity contribution in [2.24, 2.45) is 0 Å². The van der Waals surface area contributed by atoms with Crippen molar-refractivity contribution in [2.45, 2.75) is 75.6 Å². The second kappa shape index (κ2) is 11.7. The van der Waals surface area contributed by atoms with Crippen LogP contribution in [-0.4, -0.2) is 37.8 Å². The standard InChI is InChI=1S/C21H31N2O3S.2CH2/c1-17-10-7-8-14-20(17)27(25,26)23-15-9-13-19(23)16-22-21(24)18-11-5-3-2-4-6-12-18;;/h7-8,10,14,19H,2-6,9,11-13,15-16H2,1H3,(H,22,24);2*1H2. The molecule has 0 spiro atoms. The van der Waals surface area contributed by atoms with Gasteiger partial charge in [0.15, 0.2) is 0 Å². The maximum atomic E-state index is 13.1. The number of carbonyl (C=O) groups is 1. The fourth-order valence-electron chi connectivity index (χ4n) is 4.20. The van der Waals surface area contributed by atoms with E-state index in [0.717, 1.165) is 50.0 Å². The minimum Gasteiger partial charge on any atom is -0.354 e. The minimum absolute atomic E-state index is 0. The number of carbonyl (C=O) groups excluding carboxylic acids is 1. The average Bonchev–Trinajstić information content (AvgIpc) is 3.09. The smallest absolute Gasteiger partial charge is 0.243 e. The molecule has 2 aliphatic rings. The maximum absolute atomic E-state index is 13.1. The molecular weight excluding hydrogens is 384 g/mol. The van der Waals surface area contributed by atoms with Crippen LogP contribution in [0.2, 0.25) is 0 Å². The number of nitrogens with zero attached hydrogens (tertiary/aromatic N) is 1. The molecule has 0 bridgehead atoms. The molecule has 1 saturated carbocycles. The first-order valence-corrected chi connectivity index (χ1v) is 11.6. The Morgan fingerprint density at radius 1 is 1.03 bits per heavy atom. The van der Waals surface area contributed by atoms with Crippen LogP contribution in [0, 0.1) is 27.7 Å². The molecule has 2 fully saturated rings. The second-order valence-electron chi connectivity index (χ2n) is 7.76. The van der Waals surface area contributed by atoms with Crippen molar-refractivity contribution in [3.8, 4) is 0 Å². The third-order valence-electron chi connectivity index (χ3n) is 5.78. The summed E-state index contributed by atoms with van der Waals surface area (Å²) in [4.78, 5) is 13.0. The predicted octanol–water partition coefficient (Wildman–Crippen LogP) is 4.24. The van der Waals surface area contributed by atoms with Crippen LogP contribution < -0.4 is 5.32 Å². The summed E-state index contributed by atoms with van der Waals surface area (Å²) in [6.07, 6.45) is 9.21. The number of hydrogen-bond acceptors (Lipinski definition) is 3. The van der Waals surface area contributed by atoms with Gasteiger partial charge < -0.3 is 5.32 Å². The van der Waals surface area contributed by atoms with Gasteiger partial charge in [0.2, 0.25) is 15.9 Å². The van der Waals surface area contributed by atoms with Crippen molar-refractivity contribution in [1.29, 1.82) is 0 Å². The van der Waals surface area contributed by atoms with E-state index in [2.05, 4.69) is 5.32 Å². The van der Waals surface area contributed by atoms with Gasteiger partial charge >= 0.3 is 0 Å². The molecular formula is C23H35N2O3S. The molecule has 1 aromatic rings. The van der Waals surface area contributed by atoms with Crippen LogP contribution in [-0.2, 0) is 14.8 Å². The number of hydrogen-bond donors (Lipinski definition) is 1. The molecule has 161 valence electrons. The Balaban J connectivity index is 0.00000210. The lowest BCUT2D eigenvalue weighted by Crippen LogP contribution is -2.44. The van der Waals surface area contributed by atoms with Gasteiger partial charge in [0.05, 0.1) is 10.8 Å². The third kappa shape index (κ3) is 6.29. The summed E-state index contributed by atoms with van der Waals surface area (Å²) in [5, 5.41) is 3.03. The number of aryl methyl sites for hydroxylation is 1. The maximum Gasteiger partial charge on any atom is 0.243 e. The monoisotopic (exact) mass is 419 g/mol. The highest BCUT2D eigenvalue weighted by atomic mass is 32.2. The third-order valence-corrected chi connectivity index (χ3v) is 7.89. The fraction of sp³-hybridized carbons (Fsp3) is 0.565. The van der Waals surface area contributed by atoms with Crippen molar-refractivity contribution in [1.82, 2.24) is 9.62 Å². The topological polar surface area (TPSA) is 66.5 Å². The number of amides is 1. The first kappa shape index (κ1) is 25.6. The minimum atomic E-state index is -3.53. The summed E-state index contributed by atoms with van der Waals surface area (Å²) < 4.78 is 27.8. The van der Waals surface area contributed by atoms with E-state index in [1.54, 1.807) is 16.4 Å². The molecule has 1 aromatic carbocycles. The largest absolute Gasteiger partial charge is 0.354 e. The summed E-state index contributed by atoms with van der Waals surface area (Å²) in [7, 11) is -3.53. The Kier molecular flexibility index (Phi) is 10.3. The molecule has 5 radical (unpaired) electrons. The number of benzene rings is 1. The molecule has 1 unspecified atom stereocenters. The summed E-state index contributed by atoms with van der Waals surface area (Å²) in [6, 6.07) is 6.95. The second-order valence-corrected chi connectivity index (χ2v) is 9.62. The van der Waals surface area contributed by atoms with Crippen LogP contribution in [0.25, 0.3) is 0 Å². The highest BCUT2D eigenvalue weighted by Gasteiger charge is 2.36. The molecule has 1 aliphatic carbocycles. The van der Waals surface area contributed by atoms with Crippen LogP contribution >= 0.6 is 0 Å². The zero-order valence-corrected chi connectivity index (χ0v) is 18.5. The Morgan fingerprint density at radius 2 is 1.66 bits per heavy atom. The molecule has 1 N–H and O–H groups in total.